The molecule has 92 valence electrons. The van der Waals surface area contributed by atoms with Crippen LogP contribution in [-0.4, -0.2) is 30.7 Å². The van der Waals surface area contributed by atoms with Crippen molar-refractivity contribution >= 4 is 17.4 Å². The van der Waals surface area contributed by atoms with Gasteiger partial charge in [-0.3, -0.25) is 9.59 Å². The molecule has 1 amide bonds. The van der Waals surface area contributed by atoms with Crippen LogP contribution in [0.15, 0.2) is 24.3 Å². The van der Waals surface area contributed by atoms with Crippen LogP contribution >= 0.6 is 0 Å². The van der Waals surface area contributed by atoms with Gasteiger partial charge in [0.1, 0.15) is 5.78 Å². The number of benzene rings is 1. The Hall–Kier alpha value is -1.68. The minimum Gasteiger partial charge on any atom is -0.325 e. The minimum absolute atomic E-state index is 0.0731. The van der Waals surface area contributed by atoms with Crippen LogP contribution in [0.1, 0.15) is 18.9 Å². The number of Topliss-reactive ketones (excluding diaryl/α,β-unsaturated/α-hetero) is 1. The summed E-state index contributed by atoms with van der Waals surface area (Å²) in [6.07, 6.45) is -0.0731. The van der Waals surface area contributed by atoms with Crippen molar-refractivity contribution in [3.8, 4) is 0 Å². The van der Waals surface area contributed by atoms with Crippen LogP contribution < -0.4 is 5.32 Å². The van der Waals surface area contributed by atoms with Crippen LogP contribution in [0.2, 0.25) is 0 Å². The van der Waals surface area contributed by atoms with Crippen molar-refractivity contribution in [2.75, 3.05) is 19.4 Å². The number of hydrogen-bond donors (Lipinski definition) is 1. The lowest BCUT2D eigenvalue weighted by atomic mass is 10.1. The Bertz CT molecular complexity index is 414. The number of anilines is 1. The molecule has 0 saturated carbocycles. The first-order valence-corrected chi connectivity index (χ1v) is 5.51. The van der Waals surface area contributed by atoms with Gasteiger partial charge in [0.15, 0.2) is 0 Å². The predicted molar refractivity (Wildman–Crippen MR) is 67.8 cm³/mol. The van der Waals surface area contributed by atoms with Gasteiger partial charge in [-0.1, -0.05) is 18.2 Å². The summed E-state index contributed by atoms with van der Waals surface area (Å²) in [7, 11) is 3.93. The Kier molecular flexibility index (Phi) is 4.84. The summed E-state index contributed by atoms with van der Waals surface area (Å²) in [6.45, 7) is 2.15. The van der Waals surface area contributed by atoms with E-state index >= 15 is 0 Å². The third-order valence-corrected chi connectivity index (χ3v) is 2.19. The van der Waals surface area contributed by atoms with Gasteiger partial charge in [0, 0.05) is 12.2 Å². The average molecular weight is 234 g/mol. The van der Waals surface area contributed by atoms with E-state index in [1.165, 1.54) is 6.92 Å². The molecule has 1 rings (SSSR count). The van der Waals surface area contributed by atoms with Crippen molar-refractivity contribution in [2.24, 2.45) is 0 Å². The Labute approximate surface area is 102 Å². The van der Waals surface area contributed by atoms with E-state index in [1.807, 2.05) is 43.3 Å². The molecule has 0 aliphatic heterocycles. The maximum atomic E-state index is 11.5. The molecular weight excluding hydrogens is 216 g/mol. The lowest BCUT2D eigenvalue weighted by Crippen LogP contribution is -2.18. The number of carbonyl (C=O) groups is 2. The zero-order chi connectivity index (χ0) is 12.8. The molecule has 0 aliphatic carbocycles. The first-order valence-electron chi connectivity index (χ1n) is 5.51. The predicted octanol–water partition coefficient (Wildman–Crippen LogP) is 1.67. The number of rotatable bonds is 5. The highest BCUT2D eigenvalue weighted by atomic mass is 16.2. The number of nitrogens with one attached hydrogen (secondary N) is 1. The quantitative estimate of drug-likeness (QED) is 0.788. The van der Waals surface area contributed by atoms with Crippen molar-refractivity contribution in [3.05, 3.63) is 29.8 Å². The third-order valence-electron chi connectivity index (χ3n) is 2.19. The van der Waals surface area contributed by atoms with Gasteiger partial charge in [-0.05, 0) is 32.6 Å². The third kappa shape index (κ3) is 4.78. The molecule has 4 heteroatoms. The van der Waals surface area contributed by atoms with Crippen LogP contribution in [0, 0.1) is 0 Å². The molecule has 17 heavy (non-hydrogen) atoms. The monoisotopic (exact) mass is 234 g/mol. The number of hydrogen-bond acceptors (Lipinski definition) is 3. The van der Waals surface area contributed by atoms with E-state index in [2.05, 4.69) is 5.32 Å². The van der Waals surface area contributed by atoms with Crippen LogP contribution in [0.3, 0.4) is 0 Å². The van der Waals surface area contributed by atoms with Crippen molar-refractivity contribution in [1.82, 2.24) is 4.90 Å². The lowest BCUT2D eigenvalue weighted by molar-refractivity contribution is -0.124. The summed E-state index contributed by atoms with van der Waals surface area (Å²) in [5, 5.41) is 2.76. The molecule has 0 aromatic heterocycles. The standard InChI is InChI=1S/C13H18N2O2/c1-10(16)8-13(17)14-12-7-5-4-6-11(12)9-15(2)3/h4-7H,8-9H2,1-3H3,(H,14,17). The first kappa shape index (κ1) is 13.4. The first-order chi connectivity index (χ1) is 7.99. The van der Waals surface area contributed by atoms with Crippen molar-refractivity contribution in [2.45, 2.75) is 19.9 Å². The van der Waals surface area contributed by atoms with Crippen LogP contribution in [0.25, 0.3) is 0 Å². The van der Waals surface area contributed by atoms with E-state index in [-0.39, 0.29) is 18.1 Å². The van der Waals surface area contributed by atoms with Crippen molar-refractivity contribution < 1.29 is 9.59 Å². The summed E-state index contributed by atoms with van der Waals surface area (Å²) >= 11 is 0. The molecule has 0 spiro atoms. The molecule has 1 aromatic rings. The van der Waals surface area contributed by atoms with Gasteiger partial charge in [0.2, 0.25) is 5.91 Å². The molecule has 1 aromatic carbocycles. The fourth-order valence-corrected chi connectivity index (χ4v) is 1.54. The fourth-order valence-electron chi connectivity index (χ4n) is 1.54. The summed E-state index contributed by atoms with van der Waals surface area (Å²) in [5.74, 6) is -0.392. The SMILES string of the molecule is CC(=O)CC(=O)Nc1ccccc1CN(C)C. The molecule has 0 atom stereocenters. The second-order valence-electron chi connectivity index (χ2n) is 4.32. The Morgan fingerprint density at radius 3 is 2.47 bits per heavy atom. The molecule has 0 fully saturated rings. The fraction of sp³-hybridized carbons (Fsp3) is 0.385. The normalized spacial score (nSPS) is 10.4. The van der Waals surface area contributed by atoms with E-state index in [0.717, 1.165) is 17.8 Å². The summed E-state index contributed by atoms with van der Waals surface area (Å²) in [6, 6.07) is 7.60. The van der Waals surface area contributed by atoms with E-state index < -0.39 is 0 Å². The molecule has 4 nitrogen and oxygen atoms in total. The second kappa shape index (κ2) is 6.15. The number of amides is 1. The van der Waals surface area contributed by atoms with E-state index in [9.17, 15) is 9.59 Å². The maximum Gasteiger partial charge on any atom is 0.231 e. The van der Waals surface area contributed by atoms with Gasteiger partial charge in [-0.25, -0.2) is 0 Å². The highest BCUT2D eigenvalue weighted by Crippen LogP contribution is 2.16. The van der Waals surface area contributed by atoms with Gasteiger partial charge >= 0.3 is 0 Å². The van der Waals surface area contributed by atoms with E-state index in [0.29, 0.717) is 0 Å². The topological polar surface area (TPSA) is 49.4 Å². The summed E-state index contributed by atoms with van der Waals surface area (Å²) in [5.41, 5.74) is 1.81. The maximum absolute atomic E-state index is 11.5. The molecule has 0 unspecified atom stereocenters. The molecule has 0 saturated heterocycles. The van der Waals surface area contributed by atoms with Gasteiger partial charge in [-0.15, -0.1) is 0 Å². The Morgan fingerprint density at radius 1 is 1.24 bits per heavy atom. The van der Waals surface area contributed by atoms with Gasteiger partial charge in [0.25, 0.3) is 0 Å². The number of ketones is 1. The number of carbonyl (C=O) groups excluding carboxylic acids is 2. The number of para-hydroxylation sites is 1. The van der Waals surface area contributed by atoms with E-state index in [1.54, 1.807) is 0 Å². The minimum atomic E-state index is -0.260. The molecule has 0 heterocycles. The van der Waals surface area contributed by atoms with Gasteiger partial charge < -0.3 is 10.2 Å². The molecule has 0 bridgehead atoms. The lowest BCUT2D eigenvalue weighted by Gasteiger charge is -2.14. The Balaban J connectivity index is 2.76. The summed E-state index contributed by atoms with van der Waals surface area (Å²) < 4.78 is 0. The van der Waals surface area contributed by atoms with E-state index in [4.69, 9.17) is 0 Å². The largest absolute Gasteiger partial charge is 0.325 e. The molecule has 0 radical (unpaired) electrons. The zero-order valence-corrected chi connectivity index (χ0v) is 10.5. The van der Waals surface area contributed by atoms with Crippen molar-refractivity contribution in [3.63, 3.8) is 0 Å². The number of nitrogens with zero attached hydrogens (tertiary/aromatic N) is 1. The average Bonchev–Trinajstić information content (AvgIpc) is 2.18. The van der Waals surface area contributed by atoms with Gasteiger partial charge in [0.05, 0.1) is 6.42 Å². The smallest absolute Gasteiger partial charge is 0.231 e. The molecule has 0 aliphatic rings. The summed E-state index contributed by atoms with van der Waals surface area (Å²) in [4.78, 5) is 24.4. The Morgan fingerprint density at radius 2 is 1.88 bits per heavy atom. The molecular formula is C13H18N2O2. The zero-order valence-electron chi connectivity index (χ0n) is 10.5. The molecule has 1 N–H and O–H groups in total. The highest BCUT2D eigenvalue weighted by Gasteiger charge is 2.08. The van der Waals surface area contributed by atoms with Crippen molar-refractivity contribution in [1.29, 1.82) is 0 Å². The second-order valence-corrected chi connectivity index (χ2v) is 4.32. The van der Waals surface area contributed by atoms with Crippen LogP contribution in [0.4, 0.5) is 5.69 Å². The van der Waals surface area contributed by atoms with Crippen LogP contribution in [0.5, 0.6) is 0 Å². The van der Waals surface area contributed by atoms with Crippen LogP contribution in [-0.2, 0) is 16.1 Å². The highest BCUT2D eigenvalue weighted by molar-refractivity contribution is 6.03. The van der Waals surface area contributed by atoms with Gasteiger partial charge in [-0.2, -0.15) is 0 Å².